The average Bonchev–Trinajstić information content (AvgIpc) is 3.35. The van der Waals surface area contributed by atoms with Gasteiger partial charge in [0, 0.05) is 18.4 Å². The third-order valence-corrected chi connectivity index (χ3v) is 5.04. The summed E-state index contributed by atoms with van der Waals surface area (Å²) in [5.74, 6) is -0.454. The SMILES string of the molecule is NC(=O)c1nc(-n2ccnc2)nc2cnn(C3CCC(NCC(F)(F)F)CC3)c12. The van der Waals surface area contributed by atoms with Gasteiger partial charge in [-0.1, -0.05) is 0 Å². The molecule has 0 unspecified atom stereocenters. The zero-order chi connectivity index (χ0) is 20.6. The van der Waals surface area contributed by atoms with Gasteiger partial charge in [-0.25, -0.2) is 15.0 Å². The van der Waals surface area contributed by atoms with Crippen molar-refractivity contribution < 1.29 is 18.0 Å². The van der Waals surface area contributed by atoms with Crippen molar-refractivity contribution in [2.24, 2.45) is 5.73 Å². The lowest BCUT2D eigenvalue weighted by atomic mass is 9.91. The minimum atomic E-state index is -4.23. The van der Waals surface area contributed by atoms with E-state index in [-0.39, 0.29) is 23.7 Å². The second-order valence-electron chi connectivity index (χ2n) is 7.03. The molecule has 0 saturated heterocycles. The number of carbonyl (C=O) groups excluding carboxylic acids is 1. The maximum atomic E-state index is 12.4. The van der Waals surface area contributed by atoms with Gasteiger partial charge in [-0.15, -0.1) is 0 Å². The third-order valence-electron chi connectivity index (χ3n) is 5.04. The van der Waals surface area contributed by atoms with Gasteiger partial charge in [0.15, 0.2) is 5.69 Å². The summed E-state index contributed by atoms with van der Waals surface area (Å²) in [4.78, 5) is 24.7. The van der Waals surface area contributed by atoms with Gasteiger partial charge in [0.05, 0.1) is 18.8 Å². The zero-order valence-corrected chi connectivity index (χ0v) is 15.3. The number of aromatic nitrogens is 6. The van der Waals surface area contributed by atoms with E-state index >= 15 is 0 Å². The monoisotopic (exact) mass is 408 g/mol. The lowest BCUT2D eigenvalue weighted by Crippen LogP contribution is -2.39. The molecule has 0 aromatic carbocycles. The second-order valence-corrected chi connectivity index (χ2v) is 7.03. The van der Waals surface area contributed by atoms with Crippen molar-refractivity contribution in [2.45, 2.75) is 43.9 Å². The Bertz CT molecular complexity index is 1010. The molecule has 0 bridgehead atoms. The first-order valence-corrected chi connectivity index (χ1v) is 9.15. The van der Waals surface area contributed by atoms with Crippen LogP contribution < -0.4 is 11.1 Å². The lowest BCUT2D eigenvalue weighted by Gasteiger charge is -2.30. The van der Waals surface area contributed by atoms with Crippen molar-refractivity contribution in [3.8, 4) is 5.95 Å². The molecule has 154 valence electrons. The maximum absolute atomic E-state index is 12.4. The summed E-state index contributed by atoms with van der Waals surface area (Å²) in [7, 11) is 0. The Kier molecular flexibility index (Phi) is 4.94. The van der Waals surface area contributed by atoms with Crippen LogP contribution in [0.15, 0.2) is 24.9 Å². The van der Waals surface area contributed by atoms with Gasteiger partial charge in [-0.2, -0.15) is 18.3 Å². The smallest absolute Gasteiger partial charge is 0.364 e. The number of amides is 1. The Morgan fingerprint density at radius 2 is 2.00 bits per heavy atom. The summed E-state index contributed by atoms with van der Waals surface area (Å²) < 4.78 is 40.4. The van der Waals surface area contributed by atoms with E-state index < -0.39 is 18.6 Å². The highest BCUT2D eigenvalue weighted by Gasteiger charge is 2.31. The van der Waals surface area contributed by atoms with E-state index in [2.05, 4.69) is 25.4 Å². The number of hydrogen-bond acceptors (Lipinski definition) is 6. The molecule has 9 nitrogen and oxygen atoms in total. The number of imidazole rings is 1. The van der Waals surface area contributed by atoms with Crippen molar-refractivity contribution in [2.75, 3.05) is 6.54 Å². The number of hydrogen-bond donors (Lipinski definition) is 2. The summed E-state index contributed by atoms with van der Waals surface area (Å²) in [5, 5.41) is 6.93. The number of fused-ring (bicyclic) bond motifs is 1. The molecule has 1 fully saturated rings. The van der Waals surface area contributed by atoms with Crippen LogP contribution in [0.3, 0.4) is 0 Å². The Labute approximate surface area is 163 Å². The molecule has 3 heterocycles. The third kappa shape index (κ3) is 4.06. The molecule has 4 rings (SSSR count). The van der Waals surface area contributed by atoms with Gasteiger partial charge in [-0.05, 0) is 25.7 Å². The van der Waals surface area contributed by atoms with Gasteiger partial charge in [0.25, 0.3) is 5.91 Å². The highest BCUT2D eigenvalue weighted by molar-refractivity contribution is 6.02. The first kappa shape index (κ1) is 19.3. The average molecular weight is 408 g/mol. The molecule has 0 spiro atoms. The number of halogens is 3. The molecular formula is C17H19F3N8O. The van der Waals surface area contributed by atoms with Crippen LogP contribution in [0.4, 0.5) is 13.2 Å². The van der Waals surface area contributed by atoms with Crippen LogP contribution >= 0.6 is 0 Å². The van der Waals surface area contributed by atoms with Crippen LogP contribution in [0.2, 0.25) is 0 Å². The molecule has 0 radical (unpaired) electrons. The van der Waals surface area contributed by atoms with E-state index in [1.807, 2.05) is 0 Å². The van der Waals surface area contributed by atoms with Gasteiger partial charge in [-0.3, -0.25) is 14.0 Å². The largest absolute Gasteiger partial charge is 0.401 e. The normalized spacial score (nSPS) is 20.2. The Balaban J connectivity index is 1.58. The predicted octanol–water partition coefficient (Wildman–Crippen LogP) is 1.75. The van der Waals surface area contributed by atoms with Crippen LogP contribution in [0.1, 0.15) is 42.2 Å². The maximum Gasteiger partial charge on any atom is 0.401 e. The molecule has 0 aliphatic heterocycles. The van der Waals surface area contributed by atoms with Crippen LogP contribution in [0.25, 0.3) is 17.0 Å². The van der Waals surface area contributed by atoms with E-state index in [4.69, 9.17) is 5.73 Å². The fourth-order valence-electron chi connectivity index (χ4n) is 3.68. The number of carbonyl (C=O) groups is 1. The highest BCUT2D eigenvalue weighted by atomic mass is 19.4. The van der Waals surface area contributed by atoms with E-state index in [1.54, 1.807) is 21.6 Å². The number of nitrogens with zero attached hydrogens (tertiary/aromatic N) is 6. The fourth-order valence-corrected chi connectivity index (χ4v) is 3.68. The zero-order valence-electron chi connectivity index (χ0n) is 15.3. The predicted molar refractivity (Wildman–Crippen MR) is 96.3 cm³/mol. The summed E-state index contributed by atoms with van der Waals surface area (Å²) in [5.41, 5.74) is 6.51. The number of primary amides is 1. The molecular weight excluding hydrogens is 389 g/mol. The summed E-state index contributed by atoms with van der Waals surface area (Å²) in [6.45, 7) is -0.996. The van der Waals surface area contributed by atoms with Crippen LogP contribution in [0.5, 0.6) is 0 Å². The van der Waals surface area contributed by atoms with Crippen LogP contribution in [-0.2, 0) is 0 Å². The minimum Gasteiger partial charge on any atom is -0.364 e. The van der Waals surface area contributed by atoms with Crippen molar-refractivity contribution in [1.29, 1.82) is 0 Å². The van der Waals surface area contributed by atoms with Crippen LogP contribution in [-0.4, -0.2) is 54.0 Å². The number of nitrogens with two attached hydrogens (primary N) is 1. The molecule has 29 heavy (non-hydrogen) atoms. The second kappa shape index (κ2) is 7.43. The molecule has 1 aliphatic carbocycles. The molecule has 1 saturated carbocycles. The molecule has 12 heteroatoms. The van der Waals surface area contributed by atoms with Crippen molar-refractivity contribution >= 4 is 16.9 Å². The van der Waals surface area contributed by atoms with Crippen molar-refractivity contribution in [3.05, 3.63) is 30.6 Å². The highest BCUT2D eigenvalue weighted by Crippen LogP contribution is 2.32. The van der Waals surface area contributed by atoms with E-state index in [1.165, 1.54) is 12.5 Å². The summed E-state index contributed by atoms with van der Waals surface area (Å²) in [6.07, 6.45) is 4.41. The van der Waals surface area contributed by atoms with E-state index in [9.17, 15) is 18.0 Å². The molecule has 3 aromatic heterocycles. The Morgan fingerprint density at radius 1 is 1.24 bits per heavy atom. The molecule has 3 aromatic rings. The van der Waals surface area contributed by atoms with Crippen molar-refractivity contribution in [1.82, 2.24) is 34.6 Å². The number of rotatable bonds is 5. The Hall–Kier alpha value is -3.02. The topological polar surface area (TPSA) is 117 Å². The van der Waals surface area contributed by atoms with Gasteiger partial charge in [0.2, 0.25) is 5.95 Å². The molecule has 0 atom stereocenters. The fraction of sp³-hybridized carbons (Fsp3) is 0.471. The first-order chi connectivity index (χ1) is 13.8. The van der Waals surface area contributed by atoms with E-state index in [0.29, 0.717) is 36.7 Å². The van der Waals surface area contributed by atoms with Crippen molar-refractivity contribution in [3.63, 3.8) is 0 Å². The number of alkyl halides is 3. The molecule has 3 N–H and O–H groups in total. The number of nitrogens with one attached hydrogen (secondary N) is 1. The summed E-state index contributed by atoms with van der Waals surface area (Å²) >= 11 is 0. The van der Waals surface area contributed by atoms with Gasteiger partial charge < -0.3 is 11.1 Å². The quantitative estimate of drug-likeness (QED) is 0.664. The van der Waals surface area contributed by atoms with Gasteiger partial charge >= 0.3 is 6.18 Å². The Morgan fingerprint density at radius 3 is 2.62 bits per heavy atom. The molecule has 1 amide bonds. The first-order valence-electron chi connectivity index (χ1n) is 9.15. The summed E-state index contributed by atoms with van der Waals surface area (Å²) in [6, 6.07) is -0.272. The molecule has 1 aliphatic rings. The van der Waals surface area contributed by atoms with Crippen LogP contribution in [0, 0.1) is 0 Å². The standard InChI is InChI=1S/C17H19F3N8O/c18-17(19,20)8-23-10-1-3-11(4-2-10)28-14-12(7-24-28)25-16(26-13(14)15(21)29)27-6-5-22-9-27/h5-7,9-11,23H,1-4,8H2,(H2,21,29). The minimum absolute atomic E-state index is 0.0496. The lowest BCUT2D eigenvalue weighted by molar-refractivity contribution is -0.126. The van der Waals surface area contributed by atoms with E-state index in [0.717, 1.165) is 0 Å². The van der Waals surface area contributed by atoms with Gasteiger partial charge in [0.1, 0.15) is 17.4 Å².